The number of benzene rings is 2. The van der Waals surface area contributed by atoms with Gasteiger partial charge in [0, 0.05) is 12.1 Å². The predicted octanol–water partition coefficient (Wildman–Crippen LogP) is 4.36. The van der Waals surface area contributed by atoms with Crippen LogP contribution in [0.2, 0.25) is 0 Å². The number of rotatable bonds is 10. The molecule has 0 N–H and O–H groups in total. The van der Waals surface area contributed by atoms with Gasteiger partial charge < -0.3 is 33.2 Å². The third-order valence-electron chi connectivity index (χ3n) is 7.15. The van der Waals surface area contributed by atoms with Crippen LogP contribution in [0.25, 0.3) is 0 Å². The van der Waals surface area contributed by atoms with Crippen LogP contribution < -0.4 is 28.4 Å². The Morgan fingerprint density at radius 1 is 1.00 bits per heavy atom. The summed E-state index contributed by atoms with van der Waals surface area (Å²) in [5, 5.41) is 12.4. The Labute approximate surface area is 225 Å². The average molecular weight is 545 g/mol. The molecule has 2 aromatic rings. The number of hydrogen-bond acceptors (Lipinski definition) is 11. The molecule has 210 valence electrons. The van der Waals surface area contributed by atoms with E-state index in [1.807, 2.05) is 13.0 Å². The van der Waals surface area contributed by atoms with Crippen molar-refractivity contribution in [1.82, 2.24) is 4.90 Å². The van der Waals surface area contributed by atoms with Crippen molar-refractivity contribution in [2.45, 2.75) is 46.3 Å². The Morgan fingerprint density at radius 3 is 2.33 bits per heavy atom. The lowest BCUT2D eigenvalue weighted by molar-refractivity contribution is -0.386. The summed E-state index contributed by atoms with van der Waals surface area (Å²) in [5.41, 5.74) is 1.30. The van der Waals surface area contributed by atoms with Gasteiger partial charge in [-0.1, -0.05) is 6.92 Å². The first-order valence-corrected chi connectivity index (χ1v) is 13.1. The van der Waals surface area contributed by atoms with Gasteiger partial charge in [0.25, 0.3) is 0 Å². The van der Waals surface area contributed by atoms with Gasteiger partial charge in [0.1, 0.15) is 0 Å². The summed E-state index contributed by atoms with van der Waals surface area (Å²) in [7, 11) is 1.55. The van der Waals surface area contributed by atoms with E-state index in [-0.39, 0.29) is 55.0 Å². The van der Waals surface area contributed by atoms with Gasteiger partial charge in [-0.05, 0) is 45.4 Å². The maximum atomic E-state index is 13.5. The van der Waals surface area contributed by atoms with Crippen molar-refractivity contribution in [3.63, 3.8) is 0 Å². The standard InChI is InChI=1S/C27H32N2O10/c1-6-28-11-10-14-12-15-21(38-13-37-15)23(33-5)16(14)19(28)22-18-17(27(30)39-22)20(29(31)32)25(35-8-3)26(36-9-4)24(18)34-7-2/h12,19,22H,6-11,13H2,1-5H3. The summed E-state index contributed by atoms with van der Waals surface area (Å²) in [6.07, 6.45) is -0.262. The van der Waals surface area contributed by atoms with Crippen LogP contribution in [-0.2, 0) is 11.2 Å². The van der Waals surface area contributed by atoms with Gasteiger partial charge in [0.2, 0.25) is 24.0 Å². The molecule has 39 heavy (non-hydrogen) atoms. The highest BCUT2D eigenvalue weighted by molar-refractivity contribution is 6.02. The van der Waals surface area contributed by atoms with Crippen molar-refractivity contribution in [3.8, 4) is 34.5 Å². The summed E-state index contributed by atoms with van der Waals surface area (Å²) in [6, 6.07) is 1.37. The lowest BCUT2D eigenvalue weighted by atomic mass is 9.84. The van der Waals surface area contributed by atoms with E-state index in [4.69, 9.17) is 33.2 Å². The minimum Gasteiger partial charge on any atom is -0.492 e. The third kappa shape index (κ3) is 4.13. The van der Waals surface area contributed by atoms with Crippen LogP contribution in [0.15, 0.2) is 6.07 Å². The monoisotopic (exact) mass is 544 g/mol. The summed E-state index contributed by atoms with van der Waals surface area (Å²) >= 11 is 0. The predicted molar refractivity (Wildman–Crippen MR) is 138 cm³/mol. The van der Waals surface area contributed by atoms with E-state index in [0.717, 1.165) is 11.1 Å². The second kappa shape index (κ2) is 10.7. The fourth-order valence-electron chi connectivity index (χ4n) is 5.73. The second-order valence-corrected chi connectivity index (χ2v) is 9.05. The molecule has 0 radical (unpaired) electrons. The van der Waals surface area contributed by atoms with Crippen molar-refractivity contribution >= 4 is 11.7 Å². The Hall–Kier alpha value is -3.93. The molecule has 0 aliphatic carbocycles. The first-order valence-electron chi connectivity index (χ1n) is 13.1. The minimum absolute atomic E-state index is 0.0661. The summed E-state index contributed by atoms with van der Waals surface area (Å²) in [4.78, 5) is 27.4. The zero-order valence-electron chi connectivity index (χ0n) is 22.7. The molecule has 0 fully saturated rings. The van der Waals surface area contributed by atoms with Crippen molar-refractivity contribution < 1.29 is 42.9 Å². The summed E-state index contributed by atoms with van der Waals surface area (Å²) < 4.78 is 40.9. The molecule has 0 bridgehead atoms. The van der Waals surface area contributed by atoms with Gasteiger partial charge >= 0.3 is 11.7 Å². The maximum Gasteiger partial charge on any atom is 0.346 e. The number of likely N-dealkylation sites (N-methyl/N-ethyl adjacent to an activating group) is 1. The van der Waals surface area contributed by atoms with Crippen LogP contribution in [-0.4, -0.2) is 62.6 Å². The van der Waals surface area contributed by atoms with Gasteiger partial charge in [0.05, 0.1) is 43.5 Å². The number of esters is 1. The fourth-order valence-corrected chi connectivity index (χ4v) is 5.73. The number of nitro groups is 1. The normalized spacial score (nSPS) is 19.3. The number of nitro benzene ring substituents is 1. The molecule has 0 saturated heterocycles. The number of methoxy groups -OCH3 is 1. The van der Waals surface area contributed by atoms with Gasteiger partial charge in [-0.3, -0.25) is 15.0 Å². The highest BCUT2D eigenvalue weighted by Gasteiger charge is 2.52. The first kappa shape index (κ1) is 26.7. The van der Waals surface area contributed by atoms with E-state index < -0.39 is 28.7 Å². The van der Waals surface area contributed by atoms with Gasteiger partial charge in [-0.2, -0.15) is 0 Å². The van der Waals surface area contributed by atoms with Crippen LogP contribution >= 0.6 is 0 Å². The number of cyclic esters (lactones) is 1. The van der Waals surface area contributed by atoms with E-state index in [0.29, 0.717) is 36.8 Å². The molecule has 3 aliphatic rings. The smallest absolute Gasteiger partial charge is 0.346 e. The number of nitrogens with zero attached hydrogens (tertiary/aromatic N) is 2. The van der Waals surface area contributed by atoms with Gasteiger partial charge in [0.15, 0.2) is 28.9 Å². The summed E-state index contributed by atoms with van der Waals surface area (Å²) in [5.74, 6) is 0.839. The molecule has 12 heteroatoms. The minimum atomic E-state index is -0.962. The molecular formula is C27H32N2O10. The number of hydrogen-bond donors (Lipinski definition) is 0. The zero-order chi connectivity index (χ0) is 27.8. The SMILES string of the molecule is CCOc1c(OCC)c2c(c([N+](=O)[O-])c1OCC)C(=O)OC2C1c2c(cc3c(c2OC)OCO3)CCN1CC. The third-order valence-corrected chi connectivity index (χ3v) is 7.15. The fraction of sp³-hybridized carbons (Fsp3) is 0.519. The number of carbonyl (C=O) groups excluding carboxylic acids is 1. The molecule has 0 amide bonds. The lowest BCUT2D eigenvalue weighted by Gasteiger charge is -2.40. The molecule has 2 unspecified atom stereocenters. The van der Waals surface area contributed by atoms with Gasteiger partial charge in [-0.15, -0.1) is 0 Å². The quantitative estimate of drug-likeness (QED) is 0.240. The number of ether oxygens (including phenoxy) is 7. The summed E-state index contributed by atoms with van der Waals surface area (Å²) in [6.45, 7) is 9.12. The molecule has 0 aromatic heterocycles. The van der Waals surface area contributed by atoms with Crippen LogP contribution in [0.3, 0.4) is 0 Å². The van der Waals surface area contributed by atoms with Crippen LogP contribution in [0.1, 0.15) is 66.9 Å². The largest absolute Gasteiger partial charge is 0.492 e. The first-order chi connectivity index (χ1) is 18.9. The Bertz CT molecular complexity index is 1310. The molecule has 2 aromatic carbocycles. The maximum absolute atomic E-state index is 13.5. The van der Waals surface area contributed by atoms with E-state index in [1.165, 1.54) is 0 Å². The van der Waals surface area contributed by atoms with Crippen molar-refractivity contribution in [3.05, 3.63) is 38.4 Å². The molecular weight excluding hydrogens is 512 g/mol. The van der Waals surface area contributed by atoms with E-state index in [9.17, 15) is 14.9 Å². The van der Waals surface area contributed by atoms with Crippen molar-refractivity contribution in [1.29, 1.82) is 0 Å². The lowest BCUT2D eigenvalue weighted by Crippen LogP contribution is -2.39. The topological polar surface area (TPSA) is 128 Å². The van der Waals surface area contributed by atoms with Gasteiger partial charge in [-0.25, -0.2) is 4.79 Å². The number of carbonyl (C=O) groups is 1. The Morgan fingerprint density at radius 2 is 1.69 bits per heavy atom. The van der Waals surface area contributed by atoms with E-state index in [1.54, 1.807) is 27.9 Å². The Kier molecular flexibility index (Phi) is 7.30. The average Bonchev–Trinajstić information content (AvgIpc) is 3.52. The molecule has 3 heterocycles. The van der Waals surface area contributed by atoms with Crippen molar-refractivity contribution in [2.75, 3.05) is 46.8 Å². The highest BCUT2D eigenvalue weighted by Crippen LogP contribution is 2.60. The van der Waals surface area contributed by atoms with Crippen LogP contribution in [0, 0.1) is 10.1 Å². The molecule has 0 saturated carbocycles. The molecule has 0 spiro atoms. The molecule has 3 aliphatic heterocycles. The molecule has 2 atom stereocenters. The van der Waals surface area contributed by atoms with E-state index in [2.05, 4.69) is 4.90 Å². The zero-order valence-corrected chi connectivity index (χ0v) is 22.7. The van der Waals surface area contributed by atoms with Crippen LogP contribution in [0.4, 0.5) is 5.69 Å². The molecule has 12 nitrogen and oxygen atoms in total. The van der Waals surface area contributed by atoms with Crippen molar-refractivity contribution in [2.24, 2.45) is 0 Å². The highest BCUT2D eigenvalue weighted by atomic mass is 16.7. The molecule has 5 rings (SSSR count). The van der Waals surface area contributed by atoms with E-state index >= 15 is 0 Å². The van der Waals surface area contributed by atoms with Crippen LogP contribution in [0.5, 0.6) is 34.5 Å². The Balaban J connectivity index is 1.82. The number of fused-ring (bicyclic) bond motifs is 3. The second-order valence-electron chi connectivity index (χ2n) is 9.05.